The van der Waals surface area contributed by atoms with Crippen LogP contribution in [-0.4, -0.2) is 19.9 Å². The SMILES string of the molecule is Cc1csc(-c2nc(N)c(C#N)nc2-c2ccc3ncccc3c2)n1. The summed E-state index contributed by atoms with van der Waals surface area (Å²) in [5.74, 6) is 0.108. The highest BCUT2D eigenvalue weighted by atomic mass is 32.1. The standard InChI is InChI=1S/C18H12N6S/c1-10-9-25-18(22-10)16-15(23-14(8-19)17(20)24-16)12-4-5-13-11(7-12)3-2-6-21-13/h2-7,9H,1H3,(H2,20,24). The van der Waals surface area contributed by atoms with E-state index in [1.54, 1.807) is 6.20 Å². The fraction of sp³-hybridized carbons (Fsp3) is 0.0556. The Hall–Kier alpha value is -3.37. The van der Waals surface area contributed by atoms with Crippen LogP contribution in [0.15, 0.2) is 41.9 Å². The van der Waals surface area contributed by atoms with Crippen molar-refractivity contribution in [3.05, 3.63) is 53.3 Å². The van der Waals surface area contributed by atoms with Crippen LogP contribution in [-0.2, 0) is 0 Å². The van der Waals surface area contributed by atoms with Gasteiger partial charge in [0, 0.05) is 28.2 Å². The van der Waals surface area contributed by atoms with Gasteiger partial charge in [-0.05, 0) is 25.1 Å². The van der Waals surface area contributed by atoms with Crippen molar-refractivity contribution in [1.82, 2.24) is 19.9 Å². The summed E-state index contributed by atoms with van der Waals surface area (Å²) in [5, 5.41) is 12.9. The summed E-state index contributed by atoms with van der Waals surface area (Å²) < 4.78 is 0. The van der Waals surface area contributed by atoms with E-state index in [0.29, 0.717) is 11.4 Å². The fourth-order valence-corrected chi connectivity index (χ4v) is 3.35. The molecule has 0 saturated heterocycles. The van der Waals surface area contributed by atoms with Gasteiger partial charge in [0.1, 0.15) is 22.5 Å². The minimum absolute atomic E-state index is 0.108. The van der Waals surface area contributed by atoms with Crippen molar-refractivity contribution in [3.8, 4) is 28.0 Å². The third-order valence-electron chi connectivity index (χ3n) is 3.73. The third kappa shape index (κ3) is 2.69. The molecule has 2 N–H and O–H groups in total. The van der Waals surface area contributed by atoms with Crippen LogP contribution < -0.4 is 5.73 Å². The molecule has 0 bridgehead atoms. The molecule has 0 fully saturated rings. The molecule has 3 aromatic heterocycles. The smallest absolute Gasteiger partial charge is 0.183 e. The number of pyridine rings is 1. The van der Waals surface area contributed by atoms with Gasteiger partial charge in [-0.15, -0.1) is 11.3 Å². The number of thiazole rings is 1. The van der Waals surface area contributed by atoms with Gasteiger partial charge < -0.3 is 5.73 Å². The maximum atomic E-state index is 9.27. The highest BCUT2D eigenvalue weighted by molar-refractivity contribution is 7.13. The zero-order chi connectivity index (χ0) is 17.4. The Morgan fingerprint density at radius 3 is 2.76 bits per heavy atom. The quantitative estimate of drug-likeness (QED) is 0.596. The number of hydrogen-bond acceptors (Lipinski definition) is 7. The second-order valence-corrected chi connectivity index (χ2v) is 6.33. The summed E-state index contributed by atoms with van der Waals surface area (Å²) in [6.45, 7) is 1.92. The lowest BCUT2D eigenvalue weighted by Crippen LogP contribution is -2.03. The van der Waals surface area contributed by atoms with Gasteiger partial charge in [-0.2, -0.15) is 5.26 Å². The molecule has 3 heterocycles. The Morgan fingerprint density at radius 2 is 2.00 bits per heavy atom. The van der Waals surface area contributed by atoms with Crippen molar-refractivity contribution in [2.24, 2.45) is 0 Å². The Labute approximate surface area is 147 Å². The molecule has 0 aliphatic rings. The number of nitrogen functional groups attached to an aromatic ring is 1. The molecular formula is C18H12N6S. The number of benzene rings is 1. The van der Waals surface area contributed by atoms with Gasteiger partial charge in [-0.25, -0.2) is 15.0 Å². The molecule has 0 atom stereocenters. The van der Waals surface area contributed by atoms with Crippen LogP contribution >= 0.6 is 11.3 Å². The number of aromatic nitrogens is 4. The van der Waals surface area contributed by atoms with Crippen molar-refractivity contribution in [3.63, 3.8) is 0 Å². The Morgan fingerprint density at radius 1 is 1.12 bits per heavy atom. The van der Waals surface area contributed by atoms with E-state index in [9.17, 15) is 5.26 Å². The molecule has 0 radical (unpaired) electrons. The number of nitriles is 1. The van der Waals surface area contributed by atoms with E-state index in [0.717, 1.165) is 27.2 Å². The van der Waals surface area contributed by atoms with Crippen molar-refractivity contribution >= 4 is 28.1 Å². The van der Waals surface area contributed by atoms with Crippen molar-refractivity contribution in [2.45, 2.75) is 6.92 Å². The number of fused-ring (bicyclic) bond motifs is 1. The first-order valence-corrected chi connectivity index (χ1v) is 8.39. The molecule has 25 heavy (non-hydrogen) atoms. The molecule has 0 spiro atoms. The first kappa shape index (κ1) is 15.2. The zero-order valence-corrected chi connectivity index (χ0v) is 14.1. The van der Waals surface area contributed by atoms with Gasteiger partial charge in [-0.1, -0.05) is 12.1 Å². The minimum Gasteiger partial charge on any atom is -0.381 e. The van der Waals surface area contributed by atoms with Crippen LogP contribution in [0.3, 0.4) is 0 Å². The van der Waals surface area contributed by atoms with Crippen molar-refractivity contribution in [2.75, 3.05) is 5.73 Å². The maximum Gasteiger partial charge on any atom is 0.183 e. The predicted octanol–water partition coefficient (Wildman–Crippen LogP) is 3.58. The molecule has 0 saturated carbocycles. The second kappa shape index (κ2) is 5.92. The van der Waals surface area contributed by atoms with Gasteiger partial charge in [0.15, 0.2) is 11.5 Å². The molecule has 4 aromatic rings. The topological polar surface area (TPSA) is 101 Å². The zero-order valence-electron chi connectivity index (χ0n) is 13.3. The predicted molar refractivity (Wildman–Crippen MR) is 97.7 cm³/mol. The number of anilines is 1. The van der Waals surface area contributed by atoms with Crippen LogP contribution in [0, 0.1) is 18.3 Å². The van der Waals surface area contributed by atoms with Crippen LogP contribution in [0.5, 0.6) is 0 Å². The number of hydrogen-bond donors (Lipinski definition) is 1. The largest absolute Gasteiger partial charge is 0.381 e. The highest BCUT2D eigenvalue weighted by Crippen LogP contribution is 2.33. The lowest BCUT2D eigenvalue weighted by molar-refractivity contribution is 1.16. The van der Waals surface area contributed by atoms with E-state index in [-0.39, 0.29) is 11.5 Å². The van der Waals surface area contributed by atoms with Gasteiger partial charge in [0.25, 0.3) is 0 Å². The molecule has 0 amide bonds. The number of nitrogens with zero attached hydrogens (tertiary/aromatic N) is 5. The van der Waals surface area contributed by atoms with E-state index < -0.39 is 0 Å². The molecule has 7 heteroatoms. The molecule has 0 aliphatic carbocycles. The van der Waals surface area contributed by atoms with E-state index in [1.165, 1.54) is 11.3 Å². The maximum absolute atomic E-state index is 9.27. The first-order valence-electron chi connectivity index (χ1n) is 7.51. The van der Waals surface area contributed by atoms with E-state index in [4.69, 9.17) is 5.73 Å². The molecule has 4 rings (SSSR count). The number of rotatable bonds is 2. The average Bonchev–Trinajstić information content (AvgIpc) is 3.07. The summed E-state index contributed by atoms with van der Waals surface area (Å²) >= 11 is 1.47. The van der Waals surface area contributed by atoms with Gasteiger partial charge in [0.2, 0.25) is 0 Å². The molecule has 120 valence electrons. The van der Waals surface area contributed by atoms with E-state index in [1.807, 2.05) is 48.7 Å². The van der Waals surface area contributed by atoms with Gasteiger partial charge in [0.05, 0.1) is 5.52 Å². The number of nitrogens with two attached hydrogens (primary N) is 1. The average molecular weight is 344 g/mol. The minimum atomic E-state index is 0.108. The van der Waals surface area contributed by atoms with Crippen LogP contribution in [0.2, 0.25) is 0 Å². The Kier molecular flexibility index (Phi) is 3.60. The Balaban J connectivity index is 1.99. The lowest BCUT2D eigenvalue weighted by Gasteiger charge is -2.09. The number of aryl methyl sites for hydroxylation is 1. The molecule has 6 nitrogen and oxygen atoms in total. The Bertz CT molecular complexity index is 1140. The van der Waals surface area contributed by atoms with E-state index >= 15 is 0 Å². The second-order valence-electron chi connectivity index (χ2n) is 5.47. The molecular weight excluding hydrogens is 332 g/mol. The summed E-state index contributed by atoms with van der Waals surface area (Å²) in [5.41, 5.74) is 9.80. The highest BCUT2D eigenvalue weighted by Gasteiger charge is 2.18. The summed E-state index contributed by atoms with van der Waals surface area (Å²) in [4.78, 5) is 17.7. The normalized spacial score (nSPS) is 10.7. The molecule has 0 aliphatic heterocycles. The monoisotopic (exact) mass is 344 g/mol. The van der Waals surface area contributed by atoms with Gasteiger partial charge >= 0.3 is 0 Å². The van der Waals surface area contributed by atoms with Crippen LogP contribution in [0.1, 0.15) is 11.4 Å². The van der Waals surface area contributed by atoms with Gasteiger partial charge in [-0.3, -0.25) is 4.98 Å². The van der Waals surface area contributed by atoms with Crippen LogP contribution in [0.4, 0.5) is 5.82 Å². The third-order valence-corrected chi connectivity index (χ3v) is 4.69. The first-order chi connectivity index (χ1) is 12.2. The molecule has 0 unspecified atom stereocenters. The summed E-state index contributed by atoms with van der Waals surface area (Å²) in [7, 11) is 0. The molecule has 1 aromatic carbocycles. The van der Waals surface area contributed by atoms with E-state index in [2.05, 4.69) is 19.9 Å². The lowest BCUT2D eigenvalue weighted by atomic mass is 10.1. The van der Waals surface area contributed by atoms with Crippen molar-refractivity contribution < 1.29 is 0 Å². The summed E-state index contributed by atoms with van der Waals surface area (Å²) in [6.07, 6.45) is 1.75. The fourth-order valence-electron chi connectivity index (χ4n) is 2.57. The van der Waals surface area contributed by atoms with Crippen LogP contribution in [0.25, 0.3) is 32.9 Å². The summed E-state index contributed by atoms with van der Waals surface area (Å²) in [6, 6.07) is 11.7. The van der Waals surface area contributed by atoms with Crippen molar-refractivity contribution in [1.29, 1.82) is 5.26 Å².